The fraction of sp³-hybridized carbons (Fsp3) is 0.500. The average Bonchev–Trinajstić information content (AvgIpc) is 2.28. The van der Waals surface area contributed by atoms with E-state index in [0.29, 0.717) is 6.61 Å². The van der Waals surface area contributed by atoms with Gasteiger partial charge in [0.2, 0.25) is 5.95 Å². The summed E-state index contributed by atoms with van der Waals surface area (Å²) >= 11 is 0. The average molecular weight is 237 g/mol. The van der Waals surface area contributed by atoms with E-state index >= 15 is 0 Å². The van der Waals surface area contributed by atoms with Crippen LogP contribution in [-0.2, 0) is 0 Å². The van der Waals surface area contributed by atoms with Gasteiger partial charge in [0.05, 0.1) is 6.61 Å². The van der Waals surface area contributed by atoms with Crippen LogP contribution in [0.3, 0.4) is 0 Å². The lowest BCUT2D eigenvalue weighted by Crippen LogP contribution is -2.27. The normalized spacial score (nSPS) is 10.5. The van der Waals surface area contributed by atoms with Crippen molar-refractivity contribution in [2.24, 2.45) is 5.84 Å². The van der Waals surface area contributed by atoms with Crippen molar-refractivity contribution in [1.82, 2.24) is 15.0 Å². The molecule has 0 spiro atoms. The van der Waals surface area contributed by atoms with E-state index in [2.05, 4.69) is 26.3 Å². The molecule has 7 nitrogen and oxygen atoms in total. The van der Waals surface area contributed by atoms with Crippen LogP contribution in [0.2, 0.25) is 0 Å². The Morgan fingerprint density at radius 2 is 2.00 bits per heavy atom. The standard InChI is InChI=1S/C10H15N5O2/c1-5-10(3,4)17-9-13-7(15-11)12-8(14-9)16-6-2/h1H,6,11H2,2-4H3,(H,12,13,14,15). The van der Waals surface area contributed by atoms with Crippen molar-refractivity contribution >= 4 is 5.95 Å². The first-order valence-electron chi connectivity index (χ1n) is 5.03. The van der Waals surface area contributed by atoms with E-state index in [4.69, 9.17) is 21.7 Å². The highest BCUT2D eigenvalue weighted by Gasteiger charge is 2.19. The number of nitrogens with two attached hydrogens (primary N) is 1. The van der Waals surface area contributed by atoms with E-state index in [1.165, 1.54) is 0 Å². The molecule has 1 aromatic heterocycles. The Morgan fingerprint density at radius 3 is 2.53 bits per heavy atom. The number of nitrogens with one attached hydrogen (secondary N) is 1. The third kappa shape index (κ3) is 3.77. The zero-order valence-corrected chi connectivity index (χ0v) is 10.0. The van der Waals surface area contributed by atoms with Gasteiger partial charge < -0.3 is 9.47 Å². The van der Waals surface area contributed by atoms with Crippen molar-refractivity contribution in [1.29, 1.82) is 0 Å². The van der Waals surface area contributed by atoms with Gasteiger partial charge in [0.15, 0.2) is 5.60 Å². The second-order valence-corrected chi connectivity index (χ2v) is 3.56. The molecule has 0 aromatic carbocycles. The molecule has 0 aliphatic rings. The molecule has 1 heterocycles. The van der Waals surface area contributed by atoms with Crippen molar-refractivity contribution in [3.8, 4) is 24.4 Å². The van der Waals surface area contributed by atoms with E-state index in [1.54, 1.807) is 13.8 Å². The van der Waals surface area contributed by atoms with Crippen molar-refractivity contribution < 1.29 is 9.47 Å². The van der Waals surface area contributed by atoms with Crippen LogP contribution in [0.25, 0.3) is 0 Å². The summed E-state index contributed by atoms with van der Waals surface area (Å²) in [4.78, 5) is 11.7. The van der Waals surface area contributed by atoms with Gasteiger partial charge >= 0.3 is 12.0 Å². The van der Waals surface area contributed by atoms with E-state index in [-0.39, 0.29) is 18.0 Å². The highest BCUT2D eigenvalue weighted by molar-refractivity contribution is 5.26. The first-order chi connectivity index (χ1) is 8.00. The quantitative estimate of drug-likeness (QED) is 0.433. The third-order valence-corrected chi connectivity index (χ3v) is 1.69. The van der Waals surface area contributed by atoms with Crippen LogP contribution in [0.1, 0.15) is 20.8 Å². The van der Waals surface area contributed by atoms with E-state index in [1.807, 2.05) is 6.92 Å². The maximum atomic E-state index is 5.41. The van der Waals surface area contributed by atoms with Crippen LogP contribution in [0.4, 0.5) is 5.95 Å². The fourth-order valence-corrected chi connectivity index (χ4v) is 0.900. The monoisotopic (exact) mass is 237 g/mol. The Morgan fingerprint density at radius 1 is 1.35 bits per heavy atom. The van der Waals surface area contributed by atoms with E-state index in [0.717, 1.165) is 0 Å². The van der Waals surface area contributed by atoms with Gasteiger partial charge in [-0.2, -0.15) is 9.97 Å². The summed E-state index contributed by atoms with van der Waals surface area (Å²) in [7, 11) is 0. The molecular weight excluding hydrogens is 222 g/mol. The summed E-state index contributed by atoms with van der Waals surface area (Å²) in [6.45, 7) is 5.66. The Hall–Kier alpha value is -2.07. The molecule has 7 heteroatoms. The summed E-state index contributed by atoms with van der Waals surface area (Å²) in [5.41, 5.74) is 1.47. The van der Waals surface area contributed by atoms with Gasteiger partial charge in [0.1, 0.15) is 0 Å². The Labute approximate surface area is 99.7 Å². The number of hydrogen-bond acceptors (Lipinski definition) is 7. The number of nitrogen functional groups attached to an aromatic ring is 1. The summed E-state index contributed by atoms with van der Waals surface area (Å²) in [5, 5.41) is 0. The predicted molar refractivity (Wildman–Crippen MR) is 62.3 cm³/mol. The Bertz CT molecular complexity index is 427. The van der Waals surface area contributed by atoms with Gasteiger partial charge in [0.25, 0.3) is 0 Å². The number of nitrogens with zero attached hydrogens (tertiary/aromatic N) is 3. The molecule has 0 unspecified atom stereocenters. The van der Waals surface area contributed by atoms with Crippen LogP contribution in [0.15, 0.2) is 0 Å². The lowest BCUT2D eigenvalue weighted by molar-refractivity contribution is 0.153. The molecule has 0 saturated heterocycles. The molecule has 0 aliphatic carbocycles. The lowest BCUT2D eigenvalue weighted by atomic mass is 10.2. The maximum Gasteiger partial charge on any atom is 0.325 e. The highest BCUT2D eigenvalue weighted by atomic mass is 16.5. The molecule has 0 aliphatic heterocycles. The molecule has 1 rings (SSSR count). The van der Waals surface area contributed by atoms with Gasteiger partial charge in [-0.05, 0) is 20.8 Å². The molecule has 0 fully saturated rings. The zero-order valence-electron chi connectivity index (χ0n) is 10.0. The van der Waals surface area contributed by atoms with Gasteiger partial charge in [-0.25, -0.2) is 5.84 Å². The maximum absolute atomic E-state index is 5.41. The van der Waals surface area contributed by atoms with Crippen LogP contribution in [0.5, 0.6) is 12.0 Å². The predicted octanol–water partition coefficient (Wildman–Crippen LogP) is 0.346. The topological polar surface area (TPSA) is 95.2 Å². The SMILES string of the molecule is C#CC(C)(C)Oc1nc(NN)nc(OCC)n1. The second kappa shape index (κ2) is 5.32. The summed E-state index contributed by atoms with van der Waals surface area (Å²) < 4.78 is 10.6. The number of aromatic nitrogens is 3. The molecular formula is C10H15N5O2. The van der Waals surface area contributed by atoms with Crippen LogP contribution < -0.4 is 20.7 Å². The fourth-order valence-electron chi connectivity index (χ4n) is 0.900. The van der Waals surface area contributed by atoms with Gasteiger partial charge in [-0.1, -0.05) is 5.92 Å². The molecule has 3 N–H and O–H groups in total. The zero-order chi connectivity index (χ0) is 12.9. The minimum atomic E-state index is -0.823. The molecule has 0 radical (unpaired) electrons. The summed E-state index contributed by atoms with van der Waals surface area (Å²) in [6.07, 6.45) is 5.30. The first-order valence-corrected chi connectivity index (χ1v) is 5.03. The first kappa shape index (κ1) is 13.0. The highest BCUT2D eigenvalue weighted by Crippen LogP contribution is 2.17. The van der Waals surface area contributed by atoms with Crippen molar-refractivity contribution in [2.75, 3.05) is 12.0 Å². The van der Waals surface area contributed by atoms with Crippen molar-refractivity contribution in [3.63, 3.8) is 0 Å². The van der Waals surface area contributed by atoms with Crippen molar-refractivity contribution in [3.05, 3.63) is 0 Å². The number of anilines is 1. The smallest absolute Gasteiger partial charge is 0.325 e. The summed E-state index contributed by atoms with van der Waals surface area (Å²) in [6, 6.07) is 0.178. The van der Waals surface area contributed by atoms with E-state index < -0.39 is 5.60 Å². The number of hydrogen-bond donors (Lipinski definition) is 2. The minimum absolute atomic E-state index is 0.0550. The van der Waals surface area contributed by atoms with Gasteiger partial charge in [-0.3, -0.25) is 5.43 Å². The number of terminal acetylenes is 1. The van der Waals surface area contributed by atoms with Gasteiger partial charge in [-0.15, -0.1) is 11.4 Å². The molecule has 17 heavy (non-hydrogen) atoms. The number of ether oxygens (including phenoxy) is 2. The minimum Gasteiger partial charge on any atom is -0.464 e. The largest absolute Gasteiger partial charge is 0.464 e. The molecule has 92 valence electrons. The molecule has 0 atom stereocenters. The Kier molecular flexibility index (Phi) is 4.06. The molecule has 1 aromatic rings. The van der Waals surface area contributed by atoms with Gasteiger partial charge in [0, 0.05) is 0 Å². The van der Waals surface area contributed by atoms with Crippen molar-refractivity contribution in [2.45, 2.75) is 26.4 Å². The van der Waals surface area contributed by atoms with Crippen LogP contribution in [0, 0.1) is 12.3 Å². The molecule has 0 amide bonds. The molecule has 0 saturated carbocycles. The lowest BCUT2D eigenvalue weighted by Gasteiger charge is -2.18. The van der Waals surface area contributed by atoms with Crippen LogP contribution >= 0.6 is 0 Å². The number of hydrazine groups is 1. The molecule has 0 bridgehead atoms. The van der Waals surface area contributed by atoms with E-state index in [9.17, 15) is 0 Å². The second-order valence-electron chi connectivity index (χ2n) is 3.56. The Balaban J connectivity index is 2.99. The number of rotatable bonds is 5. The van der Waals surface area contributed by atoms with Crippen LogP contribution in [-0.4, -0.2) is 27.2 Å². The third-order valence-electron chi connectivity index (χ3n) is 1.69. The summed E-state index contributed by atoms with van der Waals surface area (Å²) in [5.74, 6) is 7.83.